The third kappa shape index (κ3) is 11.7. The standard InChI is InChI=1S/C28H51N4O11P3/c1-12-40-46(36,18-45(10,11)35)43-22(7)23-24(42-44(39-14-13-29-8)32(19(2)3)20(4)5)25(38-16-15-37-9)27(41-23)31-17-21(6)26(33)30-28(31)34/h17,19-20,22-25,27H,12-16,18H2,1-7,9-11H3,(H,30,33,34)/t22-,23+,24+,25+,27+,44?,46?/m0/s1. The van der Waals surface area contributed by atoms with Gasteiger partial charge in [-0.1, -0.05) is 0 Å². The van der Waals surface area contributed by atoms with E-state index in [0.29, 0.717) is 0 Å². The maximum atomic E-state index is 13.9. The van der Waals surface area contributed by atoms with Gasteiger partial charge in [-0.2, -0.15) is 0 Å². The summed E-state index contributed by atoms with van der Waals surface area (Å²) < 4.78 is 72.4. The molecule has 1 fully saturated rings. The van der Waals surface area contributed by atoms with Crippen LogP contribution in [0, 0.1) is 13.5 Å². The summed E-state index contributed by atoms with van der Waals surface area (Å²) in [5, 5.41) is 0. The van der Waals surface area contributed by atoms with Crippen molar-refractivity contribution in [3.8, 4) is 0 Å². The largest absolute Gasteiger partial charge is 0.382 e. The highest BCUT2D eigenvalue weighted by molar-refractivity contribution is 7.75. The minimum Gasteiger partial charge on any atom is -0.382 e. The highest BCUT2D eigenvalue weighted by Gasteiger charge is 2.53. The second-order valence-corrected chi connectivity index (χ2v) is 19.3. The molecular weight excluding hydrogens is 661 g/mol. The van der Waals surface area contributed by atoms with Crippen LogP contribution in [0.2, 0.25) is 0 Å². The Balaban J connectivity index is 2.72. The maximum Gasteiger partial charge on any atom is 0.338 e. The zero-order chi connectivity index (χ0) is 34.8. The topological polar surface area (TPSA) is 161 Å². The molecule has 1 aromatic rings. The average Bonchev–Trinajstić information content (AvgIpc) is 3.27. The molecule has 1 aliphatic rings. The number of ether oxygens (including phenoxy) is 3. The number of nitrogens with one attached hydrogen (secondary N) is 1. The van der Waals surface area contributed by atoms with E-state index in [4.69, 9.17) is 38.9 Å². The molecule has 2 unspecified atom stereocenters. The summed E-state index contributed by atoms with van der Waals surface area (Å²) >= 11 is 0. The van der Waals surface area contributed by atoms with Crippen molar-refractivity contribution in [2.45, 2.75) is 91.2 Å². The van der Waals surface area contributed by atoms with Crippen LogP contribution in [0.3, 0.4) is 0 Å². The molecule has 0 radical (unpaired) electrons. The van der Waals surface area contributed by atoms with Crippen molar-refractivity contribution in [1.29, 1.82) is 0 Å². The van der Waals surface area contributed by atoms with Gasteiger partial charge in [-0.05, 0) is 61.8 Å². The molecule has 1 saturated heterocycles. The van der Waals surface area contributed by atoms with E-state index in [1.54, 1.807) is 20.8 Å². The van der Waals surface area contributed by atoms with Crippen LogP contribution in [-0.4, -0.2) is 110 Å². The van der Waals surface area contributed by atoms with Gasteiger partial charge in [0, 0.05) is 31.0 Å². The number of hydrogen-bond acceptors (Lipinski definition) is 12. The van der Waals surface area contributed by atoms with Gasteiger partial charge in [0.05, 0.1) is 33.1 Å². The van der Waals surface area contributed by atoms with Crippen LogP contribution in [0.1, 0.15) is 53.3 Å². The van der Waals surface area contributed by atoms with E-state index in [1.807, 2.05) is 32.4 Å². The first-order valence-corrected chi connectivity index (χ1v) is 20.9. The fourth-order valence-electron chi connectivity index (χ4n) is 5.03. The van der Waals surface area contributed by atoms with Gasteiger partial charge in [0.1, 0.15) is 30.8 Å². The molecule has 18 heteroatoms. The second kappa shape index (κ2) is 18.5. The van der Waals surface area contributed by atoms with Gasteiger partial charge < -0.3 is 41.7 Å². The molecule has 0 aromatic carbocycles. The summed E-state index contributed by atoms with van der Waals surface area (Å²) in [5.41, 5.74) is -1.00. The first kappa shape index (κ1) is 40.9. The molecule has 0 spiro atoms. The van der Waals surface area contributed by atoms with Crippen molar-refractivity contribution in [3.63, 3.8) is 0 Å². The van der Waals surface area contributed by atoms with Gasteiger partial charge >= 0.3 is 13.3 Å². The van der Waals surface area contributed by atoms with Crippen LogP contribution < -0.4 is 11.2 Å². The molecule has 2 heterocycles. The van der Waals surface area contributed by atoms with E-state index < -0.39 is 65.2 Å². The number of aromatic nitrogens is 2. The molecular formula is C28H51N4O11P3. The number of aromatic amines is 1. The van der Waals surface area contributed by atoms with Crippen molar-refractivity contribution in [2.75, 3.05) is 59.3 Å². The lowest BCUT2D eigenvalue weighted by molar-refractivity contribution is -0.0881. The van der Waals surface area contributed by atoms with Crippen LogP contribution in [0.15, 0.2) is 15.8 Å². The molecule has 1 N–H and O–H groups in total. The van der Waals surface area contributed by atoms with E-state index in [1.165, 1.54) is 31.2 Å². The number of rotatable bonds is 20. The van der Waals surface area contributed by atoms with E-state index in [0.717, 1.165) is 0 Å². The van der Waals surface area contributed by atoms with Crippen LogP contribution >= 0.6 is 23.3 Å². The van der Waals surface area contributed by atoms with Gasteiger partial charge in [0.2, 0.25) is 6.54 Å². The monoisotopic (exact) mass is 712 g/mol. The van der Waals surface area contributed by atoms with Crippen molar-refractivity contribution in [1.82, 2.24) is 14.2 Å². The smallest absolute Gasteiger partial charge is 0.338 e. The van der Waals surface area contributed by atoms with E-state index in [-0.39, 0.29) is 56.5 Å². The fourth-order valence-corrected chi connectivity index (χ4v) is 11.8. The Hall–Kier alpha value is -1.26. The number of aryl methyl sites for hydroxylation is 1. The van der Waals surface area contributed by atoms with Gasteiger partial charge in [0.15, 0.2) is 6.23 Å². The number of methoxy groups -OCH3 is 1. The molecule has 7 atom stereocenters. The Morgan fingerprint density at radius 1 is 1.11 bits per heavy atom. The minimum absolute atomic E-state index is 0.0250. The Morgan fingerprint density at radius 2 is 1.76 bits per heavy atom. The number of H-pyrrole nitrogens is 1. The lowest BCUT2D eigenvalue weighted by atomic mass is 10.1. The van der Waals surface area contributed by atoms with Crippen LogP contribution in [0.4, 0.5) is 0 Å². The molecule has 0 aliphatic carbocycles. The summed E-state index contributed by atoms with van der Waals surface area (Å²) in [5.74, 6) is -0.285. The van der Waals surface area contributed by atoms with Gasteiger partial charge in [-0.3, -0.25) is 18.9 Å². The molecule has 1 aliphatic heterocycles. The first-order chi connectivity index (χ1) is 21.5. The highest BCUT2D eigenvalue weighted by atomic mass is 31.2. The van der Waals surface area contributed by atoms with E-state index >= 15 is 0 Å². The predicted molar refractivity (Wildman–Crippen MR) is 177 cm³/mol. The summed E-state index contributed by atoms with van der Waals surface area (Å²) in [4.78, 5) is 31.1. The SMILES string of the molecule is [C-]#[N+]CCOP(O[C@H]1[C@@H](OCCOC)[C@H](n2cc(C)c(=O)[nH]c2=O)O[C@@H]1[C@H](C)OP(=O)(CP(C)(C)=O)OCC)N(C(C)C)C(C)C. The predicted octanol–water partition coefficient (Wildman–Crippen LogP) is 4.66. The summed E-state index contributed by atoms with van der Waals surface area (Å²) in [7, 11) is -7.06. The Labute approximate surface area is 273 Å². The summed E-state index contributed by atoms with van der Waals surface area (Å²) in [6.45, 7) is 23.7. The minimum atomic E-state index is -3.89. The summed E-state index contributed by atoms with van der Waals surface area (Å²) in [6.07, 6.45) is -3.71. The average molecular weight is 713 g/mol. The maximum absolute atomic E-state index is 13.9. The first-order valence-electron chi connectivity index (χ1n) is 15.2. The van der Waals surface area contributed by atoms with E-state index in [2.05, 4.69) is 9.83 Å². The Kier molecular flexibility index (Phi) is 16.4. The quantitative estimate of drug-likeness (QED) is 0.113. The van der Waals surface area contributed by atoms with Crippen molar-refractivity contribution >= 4 is 23.3 Å². The molecule has 46 heavy (non-hydrogen) atoms. The lowest BCUT2D eigenvalue weighted by Gasteiger charge is -2.38. The third-order valence-electron chi connectivity index (χ3n) is 6.74. The molecule has 1 aromatic heterocycles. The summed E-state index contributed by atoms with van der Waals surface area (Å²) in [6, 6.07) is -0.0499. The molecule has 0 amide bonds. The zero-order valence-electron chi connectivity index (χ0n) is 28.5. The number of nitrogens with zero attached hydrogens (tertiary/aromatic N) is 3. The van der Waals surface area contributed by atoms with Crippen molar-refractivity contribution in [2.24, 2.45) is 0 Å². The number of hydrogen-bond donors (Lipinski definition) is 1. The van der Waals surface area contributed by atoms with Crippen molar-refractivity contribution in [3.05, 3.63) is 44.0 Å². The van der Waals surface area contributed by atoms with Gasteiger partial charge in [0.25, 0.3) is 14.1 Å². The molecule has 2 rings (SSSR count). The van der Waals surface area contributed by atoms with Crippen LogP contribution in [0.25, 0.3) is 4.85 Å². The van der Waals surface area contributed by atoms with Gasteiger partial charge in [-0.15, -0.1) is 0 Å². The molecule has 264 valence electrons. The molecule has 15 nitrogen and oxygen atoms in total. The molecule has 0 bridgehead atoms. The third-order valence-corrected chi connectivity index (χ3v) is 14.3. The van der Waals surface area contributed by atoms with Crippen molar-refractivity contribution < 1.29 is 41.4 Å². The van der Waals surface area contributed by atoms with E-state index in [9.17, 15) is 18.7 Å². The highest BCUT2D eigenvalue weighted by Crippen LogP contribution is 2.61. The second-order valence-electron chi connectivity index (χ2n) is 11.9. The molecule has 0 saturated carbocycles. The Morgan fingerprint density at radius 3 is 2.30 bits per heavy atom. The zero-order valence-corrected chi connectivity index (χ0v) is 31.2. The van der Waals surface area contributed by atoms with Crippen LogP contribution in [-0.2, 0) is 41.4 Å². The van der Waals surface area contributed by atoms with Gasteiger partial charge in [-0.25, -0.2) is 16.0 Å². The van der Waals surface area contributed by atoms with Crippen LogP contribution in [0.5, 0.6) is 0 Å². The normalized spacial score (nSPS) is 23.1. The lowest BCUT2D eigenvalue weighted by Crippen LogP contribution is -2.44. The Bertz CT molecular complexity index is 1350. The fraction of sp³-hybridized carbons (Fsp3) is 0.821.